The summed E-state index contributed by atoms with van der Waals surface area (Å²) in [5.41, 5.74) is 0.364. The number of carbonyl (C=O) groups excluding carboxylic acids is 1. The summed E-state index contributed by atoms with van der Waals surface area (Å²) in [6.45, 7) is 0. The highest BCUT2D eigenvalue weighted by Crippen LogP contribution is 2.25. The number of hydrogen-bond acceptors (Lipinski definition) is 9. The molecule has 2 aromatic heterocycles. The molecule has 0 bridgehead atoms. The van der Waals surface area contributed by atoms with Gasteiger partial charge in [0, 0.05) is 35.1 Å². The van der Waals surface area contributed by atoms with Crippen molar-refractivity contribution in [3.63, 3.8) is 0 Å². The molecule has 0 fully saturated rings. The number of benzene rings is 1. The first-order valence-corrected chi connectivity index (χ1v) is 10.8. The summed E-state index contributed by atoms with van der Waals surface area (Å²) >= 11 is 0.939. The van der Waals surface area contributed by atoms with Crippen molar-refractivity contribution in [2.45, 2.75) is 4.90 Å². The number of anilines is 2. The molecule has 0 saturated carbocycles. The lowest BCUT2D eigenvalue weighted by Crippen LogP contribution is -2.15. The first-order valence-electron chi connectivity index (χ1n) is 8.49. The van der Waals surface area contributed by atoms with Gasteiger partial charge in [0.15, 0.2) is 0 Å². The van der Waals surface area contributed by atoms with Gasteiger partial charge in [-0.25, -0.2) is 18.4 Å². The quantitative estimate of drug-likeness (QED) is 0.295. The maximum atomic E-state index is 12.5. The van der Waals surface area contributed by atoms with E-state index in [2.05, 4.69) is 20.0 Å². The normalized spacial score (nSPS) is 11.3. The van der Waals surface area contributed by atoms with Gasteiger partial charge in [-0.15, -0.1) is 0 Å². The number of nitro groups is 1. The Morgan fingerprint density at radius 2 is 1.87 bits per heavy atom. The Balaban J connectivity index is 1.65. The van der Waals surface area contributed by atoms with Gasteiger partial charge in [-0.2, -0.15) is 0 Å². The minimum absolute atomic E-state index is 0.0235. The minimum Gasteiger partial charge on any atom is -0.478 e. The second-order valence-electron chi connectivity index (χ2n) is 5.80. The van der Waals surface area contributed by atoms with E-state index >= 15 is 0 Å². The molecule has 0 radical (unpaired) electrons. The molecule has 0 aliphatic rings. The monoisotopic (exact) mass is 461 g/mol. The molecule has 0 aliphatic heterocycles. The van der Waals surface area contributed by atoms with Gasteiger partial charge in [-0.1, -0.05) is 11.3 Å². The zero-order valence-corrected chi connectivity index (χ0v) is 17.5. The van der Waals surface area contributed by atoms with E-state index in [0.29, 0.717) is 10.6 Å². The predicted molar refractivity (Wildman–Crippen MR) is 114 cm³/mol. The van der Waals surface area contributed by atoms with Gasteiger partial charge in [0.05, 0.1) is 16.9 Å². The van der Waals surface area contributed by atoms with Gasteiger partial charge in [-0.3, -0.25) is 19.6 Å². The number of sulfonamides is 1. The topological polar surface area (TPSA) is 153 Å². The lowest BCUT2D eigenvalue weighted by molar-refractivity contribution is -0.380. The third-order valence-electron chi connectivity index (χ3n) is 3.71. The van der Waals surface area contributed by atoms with Crippen LogP contribution in [-0.4, -0.2) is 36.3 Å². The van der Waals surface area contributed by atoms with E-state index in [4.69, 9.17) is 4.74 Å². The van der Waals surface area contributed by atoms with Crippen molar-refractivity contribution in [3.05, 3.63) is 69.9 Å². The van der Waals surface area contributed by atoms with Gasteiger partial charge in [0.2, 0.25) is 11.7 Å². The molecule has 2 N–H and O–H groups in total. The SMILES string of the molecule is COc1nccnc1NS(=O)(=O)c1ccc(NC(=O)C=Cc2ccc([N+](=O)[O-])s2)cc1. The van der Waals surface area contributed by atoms with Crippen LogP contribution in [0.2, 0.25) is 0 Å². The summed E-state index contributed by atoms with van der Waals surface area (Å²) in [5, 5.41) is 13.2. The van der Waals surface area contributed by atoms with Crippen LogP contribution in [0.1, 0.15) is 4.88 Å². The number of methoxy groups -OCH3 is 1. The van der Waals surface area contributed by atoms with Gasteiger partial charge in [-0.05, 0) is 36.4 Å². The van der Waals surface area contributed by atoms with E-state index in [1.165, 1.54) is 68.1 Å². The number of amides is 1. The van der Waals surface area contributed by atoms with Crippen molar-refractivity contribution in [2.75, 3.05) is 17.1 Å². The van der Waals surface area contributed by atoms with Gasteiger partial charge < -0.3 is 10.1 Å². The molecule has 0 atom stereocenters. The van der Waals surface area contributed by atoms with E-state index in [0.717, 1.165) is 11.3 Å². The third-order valence-corrected chi connectivity index (χ3v) is 6.07. The summed E-state index contributed by atoms with van der Waals surface area (Å²) in [4.78, 5) is 30.5. The van der Waals surface area contributed by atoms with E-state index in [-0.39, 0.29) is 21.6 Å². The summed E-state index contributed by atoms with van der Waals surface area (Å²) in [5.74, 6) is -0.506. The lowest BCUT2D eigenvalue weighted by atomic mass is 10.3. The molecule has 0 spiro atoms. The standard InChI is InChI=1S/C18H15N5O6S2/c1-29-18-17(19-10-11-20-18)22-31(27,28)14-6-2-12(3-7-14)21-15(24)8-4-13-5-9-16(30-13)23(25)26/h2-11H,1H3,(H,19,22)(H,21,24). The first kappa shape index (κ1) is 21.9. The number of rotatable bonds is 8. The third kappa shape index (κ3) is 5.61. The largest absolute Gasteiger partial charge is 0.478 e. The van der Waals surface area contributed by atoms with Crippen LogP contribution in [0.4, 0.5) is 16.5 Å². The molecule has 1 aromatic carbocycles. The van der Waals surface area contributed by atoms with E-state index in [9.17, 15) is 23.3 Å². The van der Waals surface area contributed by atoms with Crippen molar-refractivity contribution < 1.29 is 22.9 Å². The number of hydrogen-bond donors (Lipinski definition) is 2. The highest BCUT2D eigenvalue weighted by Gasteiger charge is 2.18. The Labute approximate surface area is 180 Å². The zero-order chi connectivity index (χ0) is 22.4. The highest BCUT2D eigenvalue weighted by molar-refractivity contribution is 7.92. The second kappa shape index (κ2) is 9.32. The van der Waals surface area contributed by atoms with Gasteiger partial charge in [0.1, 0.15) is 0 Å². The highest BCUT2D eigenvalue weighted by atomic mass is 32.2. The van der Waals surface area contributed by atoms with Crippen LogP contribution in [0.3, 0.4) is 0 Å². The van der Waals surface area contributed by atoms with Crippen LogP contribution >= 0.6 is 11.3 Å². The van der Waals surface area contributed by atoms with Crippen LogP contribution in [0.25, 0.3) is 6.08 Å². The summed E-state index contributed by atoms with van der Waals surface area (Å²) in [7, 11) is -2.61. The van der Waals surface area contributed by atoms with Crippen LogP contribution in [-0.2, 0) is 14.8 Å². The van der Waals surface area contributed by atoms with E-state index < -0.39 is 20.9 Å². The molecule has 0 saturated heterocycles. The fourth-order valence-corrected chi connectivity index (χ4v) is 4.05. The van der Waals surface area contributed by atoms with Crippen LogP contribution in [0, 0.1) is 10.1 Å². The Hall–Kier alpha value is -3.84. The van der Waals surface area contributed by atoms with Crippen molar-refractivity contribution in [1.29, 1.82) is 0 Å². The number of carbonyl (C=O) groups is 1. The van der Waals surface area contributed by atoms with Crippen LogP contribution in [0.15, 0.2) is 59.8 Å². The molecule has 0 aliphatic carbocycles. The molecule has 2 heterocycles. The van der Waals surface area contributed by atoms with Crippen molar-refractivity contribution in [2.24, 2.45) is 0 Å². The molecule has 0 unspecified atom stereocenters. The maximum absolute atomic E-state index is 12.5. The zero-order valence-electron chi connectivity index (χ0n) is 15.9. The Bertz CT molecular complexity index is 1240. The Morgan fingerprint density at radius 1 is 1.16 bits per heavy atom. The molecule has 3 rings (SSSR count). The molecule has 11 nitrogen and oxygen atoms in total. The average molecular weight is 461 g/mol. The lowest BCUT2D eigenvalue weighted by Gasteiger charge is -2.10. The fraction of sp³-hybridized carbons (Fsp3) is 0.0556. The molecule has 31 heavy (non-hydrogen) atoms. The molecular formula is C18H15N5O6S2. The molecule has 1 amide bonds. The van der Waals surface area contributed by atoms with Crippen LogP contribution < -0.4 is 14.8 Å². The number of aromatic nitrogens is 2. The van der Waals surface area contributed by atoms with Crippen molar-refractivity contribution in [1.82, 2.24) is 9.97 Å². The number of ether oxygens (including phenoxy) is 1. The minimum atomic E-state index is -3.95. The summed E-state index contributed by atoms with van der Waals surface area (Å²) in [6.07, 6.45) is 5.36. The van der Waals surface area contributed by atoms with E-state index in [1.807, 2.05) is 0 Å². The second-order valence-corrected chi connectivity index (χ2v) is 8.58. The van der Waals surface area contributed by atoms with Gasteiger partial charge >= 0.3 is 5.00 Å². The van der Waals surface area contributed by atoms with Crippen LogP contribution in [0.5, 0.6) is 5.88 Å². The van der Waals surface area contributed by atoms with Crippen molar-refractivity contribution in [3.8, 4) is 5.88 Å². The smallest absolute Gasteiger partial charge is 0.324 e. The number of nitrogens with one attached hydrogen (secondary N) is 2. The number of thiophene rings is 1. The van der Waals surface area contributed by atoms with E-state index in [1.54, 1.807) is 0 Å². The Kier molecular flexibility index (Phi) is 6.57. The fourth-order valence-electron chi connectivity index (χ4n) is 2.32. The molecule has 13 heteroatoms. The Morgan fingerprint density at radius 3 is 2.52 bits per heavy atom. The summed E-state index contributed by atoms with van der Waals surface area (Å²) in [6, 6.07) is 8.35. The average Bonchev–Trinajstić information content (AvgIpc) is 3.22. The maximum Gasteiger partial charge on any atom is 0.324 e. The molecule has 3 aromatic rings. The van der Waals surface area contributed by atoms with Gasteiger partial charge in [0.25, 0.3) is 15.9 Å². The molecular weight excluding hydrogens is 446 g/mol. The molecule has 160 valence electrons. The predicted octanol–water partition coefficient (Wildman–Crippen LogP) is 2.91. The van der Waals surface area contributed by atoms with Crippen molar-refractivity contribution >= 4 is 49.8 Å². The number of nitrogens with zero attached hydrogens (tertiary/aromatic N) is 3. The summed E-state index contributed by atoms with van der Waals surface area (Å²) < 4.78 is 32.3. The first-order chi connectivity index (χ1) is 14.8.